The Kier molecular flexibility index (Phi) is 1.52. The molecule has 0 unspecified atom stereocenters. The third kappa shape index (κ3) is 1.14. The lowest BCUT2D eigenvalue weighted by Gasteiger charge is -1.90. The summed E-state index contributed by atoms with van der Waals surface area (Å²) in [6, 6.07) is 4.74. The summed E-state index contributed by atoms with van der Waals surface area (Å²) < 4.78 is 30.5. The summed E-state index contributed by atoms with van der Waals surface area (Å²) in [7, 11) is 0. The molecule has 0 aliphatic heterocycles. The Hall–Kier alpha value is -1.89. The molecule has 0 spiro atoms. The van der Waals surface area contributed by atoms with Gasteiger partial charge >= 0.3 is 0 Å². The van der Waals surface area contributed by atoms with Crippen molar-refractivity contribution in [3.63, 3.8) is 0 Å². The van der Waals surface area contributed by atoms with Gasteiger partial charge in [-0.3, -0.25) is 0 Å². The van der Waals surface area contributed by atoms with Crippen LogP contribution in [0.5, 0.6) is 0 Å². The quantitative estimate of drug-likeness (QED) is 0.623. The van der Waals surface area contributed by atoms with Gasteiger partial charge in [0.2, 0.25) is 5.76 Å². The first-order valence-corrected chi connectivity index (χ1v) is 3.49. The lowest BCUT2D eigenvalue weighted by Crippen LogP contribution is -1.78. The Labute approximate surface area is 72.0 Å². The standard InChI is InChI=1S/C9H3F2NO/c10-5-1-8(11)7-3-6(4-12)13-9(7)2-5/h1-3H. The van der Waals surface area contributed by atoms with Crippen LogP contribution in [0.25, 0.3) is 11.0 Å². The molecule has 0 aliphatic carbocycles. The van der Waals surface area contributed by atoms with Crippen LogP contribution in [0, 0.1) is 23.0 Å². The molecule has 2 nitrogen and oxygen atoms in total. The van der Waals surface area contributed by atoms with E-state index in [1.54, 1.807) is 6.07 Å². The van der Waals surface area contributed by atoms with Crippen LogP contribution in [0.3, 0.4) is 0 Å². The molecule has 1 aromatic carbocycles. The molecule has 0 saturated carbocycles. The lowest BCUT2D eigenvalue weighted by atomic mass is 10.2. The summed E-state index contributed by atoms with van der Waals surface area (Å²) in [5.41, 5.74) is 0.0500. The highest BCUT2D eigenvalue weighted by Gasteiger charge is 2.09. The van der Waals surface area contributed by atoms with Crippen LogP contribution in [0.2, 0.25) is 0 Å². The molecule has 0 radical (unpaired) electrons. The molecule has 0 saturated heterocycles. The monoisotopic (exact) mass is 179 g/mol. The first-order valence-electron chi connectivity index (χ1n) is 3.49. The predicted molar refractivity (Wildman–Crippen MR) is 40.8 cm³/mol. The molecule has 4 heteroatoms. The molecule has 1 heterocycles. The highest BCUT2D eigenvalue weighted by atomic mass is 19.1. The Morgan fingerprint density at radius 2 is 2.00 bits per heavy atom. The lowest BCUT2D eigenvalue weighted by molar-refractivity contribution is 0.572. The predicted octanol–water partition coefficient (Wildman–Crippen LogP) is 2.58. The molecule has 0 atom stereocenters. The van der Waals surface area contributed by atoms with Crippen molar-refractivity contribution >= 4 is 11.0 Å². The Balaban J connectivity index is 2.84. The van der Waals surface area contributed by atoms with Crippen LogP contribution in [0.15, 0.2) is 22.6 Å². The second-order valence-electron chi connectivity index (χ2n) is 2.52. The van der Waals surface area contributed by atoms with E-state index in [1.807, 2.05) is 0 Å². The number of halogens is 2. The largest absolute Gasteiger partial charge is 0.445 e. The van der Waals surface area contributed by atoms with E-state index < -0.39 is 11.6 Å². The number of hydrogen-bond acceptors (Lipinski definition) is 2. The summed E-state index contributed by atoms with van der Waals surface area (Å²) in [5.74, 6) is -1.47. The number of benzene rings is 1. The van der Waals surface area contributed by atoms with Gasteiger partial charge < -0.3 is 4.42 Å². The van der Waals surface area contributed by atoms with Crippen molar-refractivity contribution in [1.82, 2.24) is 0 Å². The summed E-state index contributed by atoms with van der Waals surface area (Å²) in [6.07, 6.45) is 0. The molecular weight excluding hydrogens is 176 g/mol. The van der Waals surface area contributed by atoms with Crippen molar-refractivity contribution in [3.05, 3.63) is 35.6 Å². The Bertz CT molecular complexity index is 510. The van der Waals surface area contributed by atoms with Crippen LogP contribution in [0.1, 0.15) is 5.76 Å². The van der Waals surface area contributed by atoms with Crippen molar-refractivity contribution < 1.29 is 13.2 Å². The van der Waals surface area contributed by atoms with E-state index in [9.17, 15) is 8.78 Å². The molecule has 13 heavy (non-hydrogen) atoms. The fourth-order valence-electron chi connectivity index (χ4n) is 1.12. The second kappa shape index (κ2) is 2.56. The molecule has 0 aliphatic rings. The van der Waals surface area contributed by atoms with Gasteiger partial charge in [-0.1, -0.05) is 0 Å². The summed E-state index contributed by atoms with van der Waals surface area (Å²) in [4.78, 5) is 0. The SMILES string of the molecule is N#Cc1cc2c(F)cc(F)cc2o1. The molecule has 0 amide bonds. The summed E-state index contributed by atoms with van der Waals surface area (Å²) in [5, 5.41) is 8.56. The average molecular weight is 179 g/mol. The van der Waals surface area contributed by atoms with E-state index in [4.69, 9.17) is 9.68 Å². The maximum absolute atomic E-state index is 13.0. The van der Waals surface area contributed by atoms with Crippen LogP contribution in [-0.2, 0) is 0 Å². The van der Waals surface area contributed by atoms with Crippen LogP contribution >= 0.6 is 0 Å². The number of fused-ring (bicyclic) bond motifs is 1. The van der Waals surface area contributed by atoms with E-state index in [2.05, 4.69) is 0 Å². The molecule has 0 N–H and O–H groups in total. The van der Waals surface area contributed by atoms with E-state index in [-0.39, 0.29) is 16.7 Å². The van der Waals surface area contributed by atoms with Gasteiger partial charge in [0.25, 0.3) is 0 Å². The van der Waals surface area contributed by atoms with Crippen molar-refractivity contribution in [2.24, 2.45) is 0 Å². The van der Waals surface area contributed by atoms with Gasteiger partial charge in [-0.25, -0.2) is 8.78 Å². The minimum Gasteiger partial charge on any atom is -0.445 e. The molecule has 2 aromatic rings. The smallest absolute Gasteiger partial charge is 0.204 e. The van der Waals surface area contributed by atoms with Gasteiger partial charge in [-0.05, 0) is 0 Å². The van der Waals surface area contributed by atoms with E-state index in [1.165, 1.54) is 6.07 Å². The van der Waals surface area contributed by atoms with Gasteiger partial charge in [0.15, 0.2) is 0 Å². The number of nitrogens with zero attached hydrogens (tertiary/aromatic N) is 1. The number of furan rings is 1. The molecule has 64 valence electrons. The third-order valence-corrected chi connectivity index (χ3v) is 1.66. The van der Waals surface area contributed by atoms with E-state index in [0.717, 1.165) is 12.1 Å². The molecular formula is C9H3F2NO. The first-order chi connectivity index (χ1) is 6.20. The first kappa shape index (κ1) is 7.74. The minimum absolute atomic E-state index is 0.0282. The van der Waals surface area contributed by atoms with Crippen molar-refractivity contribution in [1.29, 1.82) is 5.26 Å². The second-order valence-corrected chi connectivity index (χ2v) is 2.52. The maximum Gasteiger partial charge on any atom is 0.204 e. The van der Waals surface area contributed by atoms with Gasteiger partial charge in [-0.15, -0.1) is 0 Å². The van der Waals surface area contributed by atoms with Gasteiger partial charge in [0.1, 0.15) is 23.3 Å². The van der Waals surface area contributed by atoms with Crippen molar-refractivity contribution in [3.8, 4) is 6.07 Å². The third-order valence-electron chi connectivity index (χ3n) is 1.66. The zero-order valence-electron chi connectivity index (χ0n) is 6.34. The van der Waals surface area contributed by atoms with Gasteiger partial charge in [0, 0.05) is 18.2 Å². The fourth-order valence-corrected chi connectivity index (χ4v) is 1.12. The van der Waals surface area contributed by atoms with Crippen LogP contribution < -0.4 is 0 Å². The van der Waals surface area contributed by atoms with Gasteiger partial charge in [-0.2, -0.15) is 5.26 Å². The molecule has 0 fully saturated rings. The molecule has 2 rings (SSSR count). The summed E-state index contributed by atoms with van der Waals surface area (Å²) >= 11 is 0. The number of nitriles is 1. The number of rotatable bonds is 0. The Morgan fingerprint density at radius 3 is 2.69 bits per heavy atom. The minimum atomic E-state index is -0.722. The van der Waals surface area contributed by atoms with E-state index in [0.29, 0.717) is 0 Å². The molecule has 0 bridgehead atoms. The van der Waals surface area contributed by atoms with Crippen molar-refractivity contribution in [2.75, 3.05) is 0 Å². The average Bonchev–Trinajstić information content (AvgIpc) is 2.47. The Morgan fingerprint density at radius 1 is 1.23 bits per heavy atom. The zero-order chi connectivity index (χ0) is 9.42. The molecule has 1 aromatic heterocycles. The van der Waals surface area contributed by atoms with Gasteiger partial charge in [0.05, 0.1) is 5.39 Å². The zero-order valence-corrected chi connectivity index (χ0v) is 6.34. The summed E-state index contributed by atoms with van der Waals surface area (Å²) in [6.45, 7) is 0. The number of hydrogen-bond donors (Lipinski definition) is 0. The maximum atomic E-state index is 13.0. The normalized spacial score (nSPS) is 10.2. The highest BCUT2D eigenvalue weighted by molar-refractivity contribution is 5.79. The van der Waals surface area contributed by atoms with Crippen LogP contribution in [-0.4, -0.2) is 0 Å². The van der Waals surface area contributed by atoms with Crippen LogP contribution in [0.4, 0.5) is 8.78 Å². The fraction of sp³-hybridized carbons (Fsp3) is 0. The highest BCUT2D eigenvalue weighted by Crippen LogP contribution is 2.22. The van der Waals surface area contributed by atoms with E-state index >= 15 is 0 Å². The topological polar surface area (TPSA) is 36.9 Å². The van der Waals surface area contributed by atoms with Crippen molar-refractivity contribution in [2.45, 2.75) is 0 Å².